The molecule has 1 amide bonds. The molecule has 1 aromatic carbocycles. The van der Waals surface area contributed by atoms with Gasteiger partial charge in [0, 0.05) is 13.1 Å². The Bertz CT molecular complexity index is 771. The summed E-state index contributed by atoms with van der Waals surface area (Å²) >= 11 is 1.45. The highest BCUT2D eigenvalue weighted by atomic mass is 32.2. The first-order chi connectivity index (χ1) is 13.0. The van der Waals surface area contributed by atoms with Gasteiger partial charge in [-0.25, -0.2) is 4.39 Å². The third-order valence-corrected chi connectivity index (χ3v) is 6.35. The molecule has 0 radical (unpaired) electrons. The number of halogens is 1. The van der Waals surface area contributed by atoms with Crippen LogP contribution in [-0.4, -0.2) is 38.4 Å². The van der Waals surface area contributed by atoms with Crippen molar-refractivity contribution in [2.45, 2.75) is 63.2 Å². The van der Waals surface area contributed by atoms with Crippen LogP contribution in [0.5, 0.6) is 0 Å². The summed E-state index contributed by atoms with van der Waals surface area (Å²) in [6.45, 7) is 3.93. The lowest BCUT2D eigenvalue weighted by atomic mass is 9.95. The van der Waals surface area contributed by atoms with Crippen LogP contribution >= 0.6 is 11.8 Å². The van der Waals surface area contributed by atoms with Crippen molar-refractivity contribution in [3.05, 3.63) is 41.5 Å². The molecule has 1 aliphatic carbocycles. The molecule has 1 aromatic heterocycles. The van der Waals surface area contributed by atoms with E-state index in [9.17, 15) is 9.18 Å². The van der Waals surface area contributed by atoms with Crippen LogP contribution in [0.25, 0.3) is 0 Å². The van der Waals surface area contributed by atoms with E-state index < -0.39 is 0 Å². The summed E-state index contributed by atoms with van der Waals surface area (Å²) in [5.74, 6) is 0.984. The number of aryl methyl sites for hydroxylation is 1. The molecule has 0 N–H and O–H groups in total. The number of thioether (sulfide) groups is 1. The molecule has 146 valence electrons. The van der Waals surface area contributed by atoms with Crippen LogP contribution in [0.15, 0.2) is 29.4 Å². The first kappa shape index (κ1) is 19.9. The van der Waals surface area contributed by atoms with E-state index in [4.69, 9.17) is 0 Å². The molecule has 1 fully saturated rings. The van der Waals surface area contributed by atoms with Crippen molar-refractivity contribution in [1.29, 1.82) is 0 Å². The Hall–Kier alpha value is -1.89. The van der Waals surface area contributed by atoms with E-state index in [1.54, 1.807) is 24.1 Å². The Morgan fingerprint density at radius 3 is 2.59 bits per heavy atom. The number of benzene rings is 1. The molecule has 2 aromatic rings. The topological polar surface area (TPSA) is 51.0 Å². The van der Waals surface area contributed by atoms with Crippen LogP contribution in [-0.2, 0) is 4.79 Å². The third-order valence-electron chi connectivity index (χ3n) is 5.43. The van der Waals surface area contributed by atoms with E-state index in [1.807, 2.05) is 13.8 Å². The number of nitrogens with zero attached hydrogens (tertiary/aromatic N) is 4. The molecule has 7 heteroatoms. The monoisotopic (exact) mass is 390 g/mol. The lowest BCUT2D eigenvalue weighted by Crippen LogP contribution is -2.31. The van der Waals surface area contributed by atoms with Gasteiger partial charge in [0.2, 0.25) is 5.91 Å². The average Bonchev–Trinajstić information content (AvgIpc) is 3.06. The maximum Gasteiger partial charge on any atom is 0.233 e. The molecule has 1 aliphatic rings. The number of hydrogen-bond donors (Lipinski definition) is 0. The Balaban J connectivity index is 1.62. The fourth-order valence-corrected chi connectivity index (χ4v) is 4.59. The van der Waals surface area contributed by atoms with Crippen molar-refractivity contribution >= 4 is 17.7 Å². The fraction of sp³-hybridized carbons (Fsp3) is 0.550. The van der Waals surface area contributed by atoms with Gasteiger partial charge >= 0.3 is 0 Å². The van der Waals surface area contributed by atoms with Gasteiger partial charge in [-0.2, -0.15) is 0 Å². The Morgan fingerprint density at radius 1 is 1.26 bits per heavy atom. The predicted octanol–water partition coefficient (Wildman–Crippen LogP) is 4.54. The van der Waals surface area contributed by atoms with Crippen LogP contribution in [0.2, 0.25) is 0 Å². The number of hydrogen-bond acceptors (Lipinski definition) is 4. The first-order valence-corrected chi connectivity index (χ1v) is 10.5. The number of rotatable bonds is 6. The highest BCUT2D eigenvalue weighted by Gasteiger charge is 2.23. The zero-order valence-corrected chi connectivity index (χ0v) is 17.0. The van der Waals surface area contributed by atoms with E-state index in [2.05, 4.69) is 14.8 Å². The van der Waals surface area contributed by atoms with Gasteiger partial charge in [0.15, 0.2) is 5.16 Å². The maximum absolute atomic E-state index is 13.1. The lowest BCUT2D eigenvalue weighted by molar-refractivity contribution is -0.128. The SMILES string of the molecule is Cc1nnc(SCC(=O)N(C)C(C)c2ccc(F)cc2)n1C1CCCCC1. The minimum absolute atomic E-state index is 0.0210. The normalized spacial score (nSPS) is 16.3. The molecule has 0 spiro atoms. The van der Waals surface area contributed by atoms with E-state index in [0.717, 1.165) is 29.4 Å². The third kappa shape index (κ3) is 4.69. The van der Waals surface area contributed by atoms with Gasteiger partial charge in [-0.1, -0.05) is 43.2 Å². The number of carbonyl (C=O) groups is 1. The average molecular weight is 391 g/mol. The number of carbonyl (C=O) groups excluding carboxylic acids is 1. The molecular weight excluding hydrogens is 363 g/mol. The second kappa shape index (κ2) is 8.87. The summed E-state index contributed by atoms with van der Waals surface area (Å²) < 4.78 is 15.3. The molecule has 5 nitrogen and oxygen atoms in total. The van der Waals surface area contributed by atoms with Gasteiger partial charge in [0.1, 0.15) is 11.6 Å². The zero-order valence-electron chi connectivity index (χ0n) is 16.2. The molecule has 0 bridgehead atoms. The Labute approximate surface area is 164 Å². The van der Waals surface area contributed by atoms with E-state index in [1.165, 1.54) is 43.2 Å². The minimum atomic E-state index is -0.270. The molecule has 1 heterocycles. The Kier molecular flexibility index (Phi) is 6.52. The van der Waals surface area contributed by atoms with Gasteiger partial charge in [-0.3, -0.25) is 4.79 Å². The van der Waals surface area contributed by atoms with Crippen LogP contribution in [0.1, 0.15) is 62.5 Å². The molecule has 1 atom stereocenters. The molecule has 3 rings (SSSR count). The smallest absolute Gasteiger partial charge is 0.233 e. The fourth-order valence-electron chi connectivity index (χ4n) is 3.62. The van der Waals surface area contributed by atoms with Crippen LogP contribution in [0.3, 0.4) is 0 Å². The summed E-state index contributed by atoms with van der Waals surface area (Å²) in [7, 11) is 1.79. The molecule has 0 saturated heterocycles. The first-order valence-electron chi connectivity index (χ1n) is 9.52. The van der Waals surface area contributed by atoms with Crippen molar-refractivity contribution in [3.8, 4) is 0 Å². The summed E-state index contributed by atoms with van der Waals surface area (Å²) in [4.78, 5) is 14.4. The van der Waals surface area contributed by atoms with Crippen molar-refractivity contribution < 1.29 is 9.18 Å². The second-order valence-electron chi connectivity index (χ2n) is 7.21. The van der Waals surface area contributed by atoms with Crippen molar-refractivity contribution in [3.63, 3.8) is 0 Å². The highest BCUT2D eigenvalue weighted by Crippen LogP contribution is 2.32. The Morgan fingerprint density at radius 2 is 1.93 bits per heavy atom. The van der Waals surface area contributed by atoms with E-state index >= 15 is 0 Å². The molecular formula is C20H27FN4OS. The minimum Gasteiger partial charge on any atom is -0.338 e. The summed E-state index contributed by atoms with van der Waals surface area (Å²) in [6.07, 6.45) is 6.08. The van der Waals surface area contributed by atoms with Gasteiger partial charge in [-0.05, 0) is 44.4 Å². The second-order valence-corrected chi connectivity index (χ2v) is 8.15. The van der Waals surface area contributed by atoms with Gasteiger partial charge < -0.3 is 9.47 Å². The molecule has 1 saturated carbocycles. The van der Waals surface area contributed by atoms with E-state index in [-0.39, 0.29) is 17.8 Å². The van der Waals surface area contributed by atoms with Crippen LogP contribution in [0.4, 0.5) is 4.39 Å². The largest absolute Gasteiger partial charge is 0.338 e. The zero-order chi connectivity index (χ0) is 19.4. The standard InChI is InChI=1S/C20H27FN4OS/c1-14(16-9-11-17(21)12-10-16)24(3)19(26)13-27-20-23-22-15(2)25(20)18-7-5-4-6-8-18/h9-12,14,18H,4-8,13H2,1-3H3. The number of aromatic nitrogens is 3. The van der Waals surface area contributed by atoms with Gasteiger partial charge in [0.05, 0.1) is 11.8 Å². The van der Waals surface area contributed by atoms with Crippen molar-refractivity contribution in [2.75, 3.05) is 12.8 Å². The quantitative estimate of drug-likeness (QED) is 0.680. The predicted molar refractivity (Wildman–Crippen MR) is 105 cm³/mol. The summed E-state index contributed by atoms with van der Waals surface area (Å²) in [5, 5.41) is 9.36. The van der Waals surface area contributed by atoms with Gasteiger partial charge in [0.25, 0.3) is 0 Å². The molecule has 1 unspecified atom stereocenters. The van der Waals surface area contributed by atoms with Crippen LogP contribution in [0, 0.1) is 12.7 Å². The summed E-state index contributed by atoms with van der Waals surface area (Å²) in [5.41, 5.74) is 0.915. The number of amides is 1. The van der Waals surface area contributed by atoms with Crippen molar-refractivity contribution in [1.82, 2.24) is 19.7 Å². The molecule has 0 aliphatic heterocycles. The van der Waals surface area contributed by atoms with Crippen LogP contribution < -0.4 is 0 Å². The molecule has 27 heavy (non-hydrogen) atoms. The maximum atomic E-state index is 13.1. The van der Waals surface area contributed by atoms with Crippen molar-refractivity contribution in [2.24, 2.45) is 0 Å². The van der Waals surface area contributed by atoms with Gasteiger partial charge in [-0.15, -0.1) is 10.2 Å². The lowest BCUT2D eigenvalue weighted by Gasteiger charge is -2.26. The van der Waals surface area contributed by atoms with E-state index in [0.29, 0.717) is 11.8 Å². The highest BCUT2D eigenvalue weighted by molar-refractivity contribution is 7.99. The summed E-state index contributed by atoms with van der Waals surface area (Å²) in [6, 6.07) is 6.63.